The molecule has 0 radical (unpaired) electrons. The minimum absolute atomic E-state index is 0.0375. The molecule has 0 unspecified atom stereocenters. The number of rotatable bonds is 7. The number of amides is 1. The molecule has 0 fully saturated rings. The Bertz CT molecular complexity index is 1030. The van der Waals surface area contributed by atoms with Gasteiger partial charge in [-0.2, -0.15) is 0 Å². The van der Waals surface area contributed by atoms with Crippen molar-refractivity contribution in [2.24, 2.45) is 0 Å². The van der Waals surface area contributed by atoms with Crippen molar-refractivity contribution in [1.82, 2.24) is 15.1 Å². The van der Waals surface area contributed by atoms with E-state index in [0.29, 0.717) is 22.0 Å². The average Bonchev–Trinajstić information content (AvgIpc) is 3.11. The number of hydrogen-bond acceptors (Lipinski definition) is 7. The third-order valence-corrected chi connectivity index (χ3v) is 4.96. The lowest BCUT2D eigenvalue weighted by atomic mass is 10.1. The predicted molar refractivity (Wildman–Crippen MR) is 106 cm³/mol. The zero-order valence-electron chi connectivity index (χ0n) is 15.5. The third-order valence-electron chi connectivity index (χ3n) is 4.09. The highest BCUT2D eigenvalue weighted by Crippen LogP contribution is 2.28. The van der Waals surface area contributed by atoms with Gasteiger partial charge >= 0.3 is 0 Å². The lowest BCUT2D eigenvalue weighted by Crippen LogP contribution is -2.19. The van der Waals surface area contributed by atoms with Crippen LogP contribution in [0.25, 0.3) is 11.1 Å². The molecule has 0 saturated carbocycles. The van der Waals surface area contributed by atoms with Crippen molar-refractivity contribution >= 4 is 23.6 Å². The first-order valence-corrected chi connectivity index (χ1v) is 9.61. The molecule has 0 atom stereocenters. The first-order valence-electron chi connectivity index (χ1n) is 8.63. The van der Waals surface area contributed by atoms with E-state index in [-0.39, 0.29) is 36.1 Å². The number of thioether (sulfide) groups is 1. The van der Waals surface area contributed by atoms with Crippen molar-refractivity contribution in [3.63, 3.8) is 0 Å². The molecule has 0 saturated heterocycles. The number of aromatic nitrogens is 3. The number of aryl methyl sites for hydroxylation is 2. The van der Waals surface area contributed by atoms with Gasteiger partial charge in [-0.05, 0) is 19.4 Å². The van der Waals surface area contributed by atoms with E-state index >= 15 is 0 Å². The summed E-state index contributed by atoms with van der Waals surface area (Å²) < 4.78 is 5.16. The number of aliphatic hydroxyl groups excluding tert-OH is 1. The van der Waals surface area contributed by atoms with Crippen LogP contribution in [-0.4, -0.2) is 38.5 Å². The summed E-state index contributed by atoms with van der Waals surface area (Å²) in [4.78, 5) is 31.2. The summed E-state index contributed by atoms with van der Waals surface area (Å²) in [5.74, 6) is -0.00399. The minimum Gasteiger partial charge on any atom is -0.396 e. The topological polar surface area (TPSA) is 121 Å². The molecule has 146 valence electrons. The second-order valence-electron chi connectivity index (χ2n) is 6.18. The second-order valence-corrected chi connectivity index (χ2v) is 7.14. The number of anilines is 1. The number of benzene rings is 1. The van der Waals surface area contributed by atoms with Crippen LogP contribution in [0, 0.1) is 13.8 Å². The van der Waals surface area contributed by atoms with Crippen LogP contribution in [0.1, 0.15) is 16.8 Å². The molecule has 3 aromatic rings. The van der Waals surface area contributed by atoms with Crippen molar-refractivity contribution in [3.8, 4) is 11.1 Å². The first kappa shape index (κ1) is 19.8. The molecule has 0 aliphatic heterocycles. The molecular weight excluding hydrogens is 380 g/mol. The summed E-state index contributed by atoms with van der Waals surface area (Å²) in [6.45, 7) is 3.57. The monoisotopic (exact) mass is 400 g/mol. The zero-order valence-corrected chi connectivity index (χ0v) is 16.3. The van der Waals surface area contributed by atoms with Gasteiger partial charge in [0, 0.05) is 24.3 Å². The highest BCUT2D eigenvalue weighted by atomic mass is 32.2. The molecule has 0 aliphatic rings. The number of H-pyrrole nitrogens is 1. The molecule has 9 heteroatoms. The molecule has 1 amide bonds. The van der Waals surface area contributed by atoms with Crippen molar-refractivity contribution in [1.29, 1.82) is 0 Å². The average molecular weight is 400 g/mol. The number of nitrogens with one attached hydrogen (secondary N) is 2. The Morgan fingerprint density at radius 2 is 2.04 bits per heavy atom. The molecule has 0 spiro atoms. The summed E-state index contributed by atoms with van der Waals surface area (Å²) >= 11 is 1.11. The molecule has 3 N–H and O–H groups in total. The van der Waals surface area contributed by atoms with E-state index in [2.05, 4.69) is 20.4 Å². The molecule has 2 aromatic heterocycles. The lowest BCUT2D eigenvalue weighted by Gasteiger charge is -2.07. The number of aromatic amines is 1. The fourth-order valence-electron chi connectivity index (χ4n) is 2.62. The lowest BCUT2D eigenvalue weighted by molar-refractivity contribution is -0.113. The standard InChI is InChI=1S/C19H20N4O4S/c1-11-3-5-13(6-4-11)15-9-20-27-18(15)22-16(25)10-28-19-21-12(2)14(7-8-24)17(26)23-19/h3-6,9,24H,7-8,10H2,1-2H3,(H,22,25)(H,21,23,26). The quantitative estimate of drug-likeness (QED) is 0.411. The molecular formula is C19H20N4O4S. The van der Waals surface area contributed by atoms with Crippen LogP contribution in [0.2, 0.25) is 0 Å². The highest BCUT2D eigenvalue weighted by molar-refractivity contribution is 7.99. The SMILES string of the molecule is Cc1ccc(-c2cnoc2NC(=O)CSc2nc(C)c(CCO)c(=O)[nH]2)cc1. The van der Waals surface area contributed by atoms with Crippen molar-refractivity contribution < 1.29 is 14.4 Å². The summed E-state index contributed by atoms with van der Waals surface area (Å²) in [6.07, 6.45) is 1.79. The number of carbonyl (C=O) groups is 1. The molecule has 3 rings (SSSR count). The van der Waals surface area contributed by atoms with Gasteiger partial charge in [0.15, 0.2) is 5.16 Å². The van der Waals surface area contributed by atoms with Crippen molar-refractivity contribution in [3.05, 3.63) is 57.6 Å². The number of aliphatic hydroxyl groups is 1. The van der Waals surface area contributed by atoms with Crippen LogP contribution in [0.4, 0.5) is 5.88 Å². The number of carbonyl (C=O) groups excluding carboxylic acids is 1. The van der Waals surface area contributed by atoms with Crippen LogP contribution in [0.5, 0.6) is 0 Å². The Kier molecular flexibility index (Phi) is 6.27. The Morgan fingerprint density at radius 3 is 2.71 bits per heavy atom. The van der Waals surface area contributed by atoms with E-state index in [0.717, 1.165) is 22.9 Å². The van der Waals surface area contributed by atoms with Crippen LogP contribution in [0.3, 0.4) is 0 Å². The minimum atomic E-state index is -0.310. The molecule has 1 aromatic carbocycles. The van der Waals surface area contributed by atoms with Gasteiger partial charge in [0.05, 0.1) is 17.5 Å². The normalized spacial score (nSPS) is 10.8. The van der Waals surface area contributed by atoms with Gasteiger partial charge in [0.1, 0.15) is 0 Å². The fraction of sp³-hybridized carbons (Fsp3) is 0.263. The number of nitrogens with zero attached hydrogens (tertiary/aromatic N) is 2. The van der Waals surface area contributed by atoms with Gasteiger partial charge in [-0.15, -0.1) is 0 Å². The molecule has 2 heterocycles. The molecule has 28 heavy (non-hydrogen) atoms. The van der Waals surface area contributed by atoms with Crippen molar-refractivity contribution in [2.75, 3.05) is 17.7 Å². The van der Waals surface area contributed by atoms with E-state index in [9.17, 15) is 9.59 Å². The van der Waals surface area contributed by atoms with Gasteiger partial charge < -0.3 is 14.6 Å². The summed E-state index contributed by atoms with van der Waals surface area (Å²) in [7, 11) is 0. The summed E-state index contributed by atoms with van der Waals surface area (Å²) in [5.41, 5.74) is 3.38. The van der Waals surface area contributed by atoms with Gasteiger partial charge in [-0.25, -0.2) is 4.98 Å². The Labute approximate surface area is 165 Å². The zero-order chi connectivity index (χ0) is 20.1. The summed E-state index contributed by atoms with van der Waals surface area (Å²) in [6, 6.07) is 7.79. The second kappa shape index (κ2) is 8.85. The van der Waals surface area contributed by atoms with E-state index in [1.165, 1.54) is 0 Å². The smallest absolute Gasteiger partial charge is 0.255 e. The van der Waals surface area contributed by atoms with E-state index in [4.69, 9.17) is 9.63 Å². The largest absolute Gasteiger partial charge is 0.396 e. The first-order chi connectivity index (χ1) is 13.5. The van der Waals surface area contributed by atoms with Crippen LogP contribution < -0.4 is 10.9 Å². The maximum Gasteiger partial charge on any atom is 0.255 e. The van der Waals surface area contributed by atoms with Crippen LogP contribution >= 0.6 is 11.8 Å². The molecule has 0 aliphatic carbocycles. The Hall–Kier alpha value is -2.91. The molecule has 8 nitrogen and oxygen atoms in total. The van der Waals surface area contributed by atoms with Gasteiger partial charge in [0.25, 0.3) is 5.56 Å². The Balaban J connectivity index is 1.65. The Morgan fingerprint density at radius 1 is 1.29 bits per heavy atom. The van der Waals surface area contributed by atoms with Crippen molar-refractivity contribution in [2.45, 2.75) is 25.4 Å². The van der Waals surface area contributed by atoms with Crippen LogP contribution in [-0.2, 0) is 11.2 Å². The van der Waals surface area contributed by atoms with E-state index < -0.39 is 0 Å². The maximum atomic E-state index is 12.3. The van der Waals surface area contributed by atoms with Crippen LogP contribution in [0.15, 0.2) is 44.9 Å². The van der Waals surface area contributed by atoms with E-state index in [1.807, 2.05) is 31.2 Å². The highest BCUT2D eigenvalue weighted by Gasteiger charge is 2.15. The van der Waals surface area contributed by atoms with E-state index in [1.54, 1.807) is 13.1 Å². The van der Waals surface area contributed by atoms with Gasteiger partial charge in [-0.1, -0.05) is 46.7 Å². The third kappa shape index (κ3) is 4.68. The van der Waals surface area contributed by atoms with Gasteiger partial charge in [-0.3, -0.25) is 14.9 Å². The molecule has 0 bridgehead atoms. The fourth-order valence-corrected chi connectivity index (χ4v) is 3.33. The summed E-state index contributed by atoms with van der Waals surface area (Å²) in [5, 5.41) is 15.8. The predicted octanol–water partition coefficient (Wildman–Crippen LogP) is 2.31. The number of hydrogen-bond donors (Lipinski definition) is 3. The van der Waals surface area contributed by atoms with Gasteiger partial charge in [0.2, 0.25) is 11.8 Å². The maximum absolute atomic E-state index is 12.3.